The van der Waals surface area contributed by atoms with Gasteiger partial charge in [-0.05, 0) is 257 Å². The zero-order valence-corrected chi connectivity index (χ0v) is 86.7. The zero-order chi connectivity index (χ0) is 103. The van der Waals surface area contributed by atoms with E-state index in [2.05, 4.69) is 124 Å². The maximum absolute atomic E-state index is 13.4. The van der Waals surface area contributed by atoms with Gasteiger partial charge in [0.25, 0.3) is 5.91 Å². The van der Waals surface area contributed by atoms with Gasteiger partial charge in [-0.3, -0.25) is 38.8 Å². The molecule has 774 valence electrons. The minimum Gasteiger partial charge on any atom is -0.491 e. The van der Waals surface area contributed by atoms with Gasteiger partial charge in [-0.25, -0.2) is 8.78 Å². The number of rotatable bonds is 31. The van der Waals surface area contributed by atoms with Gasteiger partial charge in [0.1, 0.15) is 79.6 Å². The molecule has 10 aromatic carbocycles. The Morgan fingerprint density at radius 2 is 0.731 bits per heavy atom. The van der Waals surface area contributed by atoms with Gasteiger partial charge in [-0.2, -0.15) is 0 Å². The maximum atomic E-state index is 13.4. The van der Waals surface area contributed by atoms with Crippen LogP contribution in [0.3, 0.4) is 0 Å². The minimum absolute atomic E-state index is 0.0368. The van der Waals surface area contributed by atoms with Crippen LogP contribution in [0, 0.1) is 11.6 Å². The number of aliphatic hydroxyl groups excluding tert-OH is 4. The van der Waals surface area contributed by atoms with Crippen LogP contribution in [0.15, 0.2) is 243 Å². The van der Waals surface area contributed by atoms with Crippen LogP contribution in [0.1, 0.15) is 64.2 Å². The number of hydrogen-bond acceptors (Lipinski definition) is 23. The molecule has 8 N–H and O–H groups in total. The topological polar surface area (TPSA) is 276 Å². The average Bonchev–Trinajstić information content (AvgIpc) is 0.813. The number of carbonyl (C=O) groups excluding carboxylic acids is 4. The summed E-state index contributed by atoms with van der Waals surface area (Å²) >= 11 is 30.0. The van der Waals surface area contributed by atoms with E-state index in [9.17, 15) is 48.4 Å². The molecule has 1 aliphatic carbocycles. The van der Waals surface area contributed by atoms with E-state index in [0.717, 1.165) is 179 Å². The number of β-amino-alcohol motifs (C(OH)–C–C–N with tert-alkyl or cyclic N) is 4. The highest BCUT2D eigenvalue weighted by Crippen LogP contribution is 2.35. The molecule has 17 rings (SSSR count). The standard InChI is InChI=1S/C24H29ClN2O2.C23H30ClN3O3.C22H23F2N3O2.C21H25Cl2N3O3.C21H26ClN3O3/c1-18-2-3-19-4-9-24(15-20(19)14-18)29-17-23(28)16-26-10-12-27(13-11-26)22-7-5-21(25)6-8-22;1-16-12-26(21-8-4-19(24)5-9-21)13-17(2)27(16)14-22(29)15-30-23-10-6-20(7-11-23)25-18(3)28;1-15-2-3-16-4-6-18(13-21(16)25-15)29-14-22(28)27-10-8-26(9-11-27)17-5-7-19(23)20(24)12-17;1-15(27)24-16-2-5-19(6-3-16)29-14-18(28)13-25-8-10-26(11-9-25)17-4-7-20(22)21(23)12-17;1-16(26)23-18-4-8-21(9-5-18)28-15-20(27)14-24-10-12-25(13-11-24)19-6-2-17(22)3-7-19/h4-9,15,23,28H,1-3,10-14,16-17H2;4-11,16-17,22,29H,12-15H2,1-3H3,(H,25,28);4-7,12-13,25H,1-3,8-11,14H2;2-7,12,18,28H,8-11,13-14H2,1H3,(H,24,27);2-9,20,27H,10-15H2,1H3,(H,23,26)/t23-;16?,17?,22-;;18-;20-/m00.11/s1. The third-order valence-corrected chi connectivity index (χ3v) is 27.4. The summed E-state index contributed by atoms with van der Waals surface area (Å²) in [6.45, 7) is 34.8. The summed E-state index contributed by atoms with van der Waals surface area (Å²) in [4.78, 5) is 67.7. The maximum Gasteiger partial charge on any atom is 0.260 e. The number of ether oxygens (including phenoxy) is 5. The van der Waals surface area contributed by atoms with Crippen LogP contribution in [-0.2, 0) is 38.4 Å². The predicted octanol–water partition coefficient (Wildman–Crippen LogP) is 17.5. The van der Waals surface area contributed by atoms with Crippen molar-refractivity contribution in [3.05, 3.63) is 296 Å². The zero-order valence-electron chi connectivity index (χ0n) is 82.9. The van der Waals surface area contributed by atoms with Gasteiger partial charge in [0, 0.05) is 261 Å². The van der Waals surface area contributed by atoms with Crippen molar-refractivity contribution in [2.45, 2.75) is 103 Å². The molecule has 145 heavy (non-hydrogen) atoms. The van der Waals surface area contributed by atoms with Gasteiger partial charge >= 0.3 is 0 Å². The molecule has 0 aromatic heterocycles. The Morgan fingerprint density at radius 3 is 1.15 bits per heavy atom. The summed E-state index contributed by atoms with van der Waals surface area (Å²) < 4.78 is 55.2. The second-order valence-electron chi connectivity index (χ2n) is 37.3. The van der Waals surface area contributed by atoms with Crippen molar-refractivity contribution >= 4 is 133 Å². The van der Waals surface area contributed by atoms with E-state index in [-0.39, 0.29) is 50.1 Å². The molecular formula is C111H133Cl5F2N14O13. The molecule has 6 atom stereocenters. The number of hydrogen-bond donors (Lipinski definition) is 8. The average molecular weight is 2090 g/mol. The fourth-order valence-corrected chi connectivity index (χ4v) is 18.9. The number of piperazine rings is 5. The smallest absolute Gasteiger partial charge is 0.260 e. The highest BCUT2D eigenvalue weighted by atomic mass is 35.5. The second-order valence-corrected chi connectivity index (χ2v) is 39.4. The summed E-state index contributed by atoms with van der Waals surface area (Å²) in [6.07, 6.45) is 2.72. The number of benzene rings is 10. The summed E-state index contributed by atoms with van der Waals surface area (Å²) in [7, 11) is 0. The second kappa shape index (κ2) is 55.2. The number of amides is 4. The lowest BCUT2D eigenvalue weighted by molar-refractivity contribution is -0.133. The number of anilines is 9. The molecule has 0 bridgehead atoms. The molecule has 34 heteroatoms. The van der Waals surface area contributed by atoms with Gasteiger partial charge < -0.3 is 94.8 Å². The highest BCUT2D eigenvalue weighted by molar-refractivity contribution is 6.42. The third-order valence-electron chi connectivity index (χ3n) is 25.9. The lowest BCUT2D eigenvalue weighted by Gasteiger charge is -2.46. The van der Waals surface area contributed by atoms with Crippen LogP contribution < -0.4 is 69.5 Å². The lowest BCUT2D eigenvalue weighted by Crippen LogP contribution is -2.58. The molecule has 0 radical (unpaired) electrons. The normalized spacial score (nSPS) is 17.4. The molecule has 0 spiro atoms. The van der Waals surface area contributed by atoms with E-state index in [1.165, 1.54) is 66.2 Å². The van der Waals surface area contributed by atoms with E-state index in [1.54, 1.807) is 83.8 Å². The number of nitrogens with one attached hydrogen (secondary N) is 4. The van der Waals surface area contributed by atoms with Crippen LogP contribution in [0.2, 0.25) is 25.1 Å². The molecule has 6 heterocycles. The predicted molar refractivity (Wildman–Crippen MR) is 579 cm³/mol. The molecule has 2 unspecified atom stereocenters. The first-order valence-electron chi connectivity index (χ1n) is 49.3. The van der Waals surface area contributed by atoms with Crippen molar-refractivity contribution < 1.29 is 72.1 Å². The lowest BCUT2D eigenvalue weighted by atomic mass is 9.89. The van der Waals surface area contributed by atoms with Gasteiger partial charge in [-0.15, -0.1) is 0 Å². The Kier molecular flexibility index (Phi) is 42.1. The van der Waals surface area contributed by atoms with Gasteiger partial charge in [0.05, 0.1) is 10.0 Å². The third kappa shape index (κ3) is 35.6. The first-order valence-corrected chi connectivity index (χ1v) is 51.1. The number of aliphatic hydroxyl groups is 4. The molecule has 0 saturated carbocycles. The van der Waals surface area contributed by atoms with E-state index >= 15 is 0 Å². The van der Waals surface area contributed by atoms with Crippen molar-refractivity contribution in [3.63, 3.8) is 0 Å². The van der Waals surface area contributed by atoms with Crippen LogP contribution in [0.4, 0.5) is 60.0 Å². The molecule has 27 nitrogen and oxygen atoms in total. The first kappa shape index (κ1) is 111. The van der Waals surface area contributed by atoms with Crippen molar-refractivity contribution in [1.82, 2.24) is 24.5 Å². The van der Waals surface area contributed by atoms with Crippen LogP contribution in [0.5, 0.6) is 28.7 Å². The van der Waals surface area contributed by atoms with Crippen molar-refractivity contribution in [2.24, 2.45) is 0 Å². The Balaban J connectivity index is 0.000000152. The first-order chi connectivity index (χ1) is 69.8. The summed E-state index contributed by atoms with van der Waals surface area (Å²) in [5, 5.41) is 56.3. The van der Waals surface area contributed by atoms with E-state index in [4.69, 9.17) is 81.7 Å². The van der Waals surface area contributed by atoms with Crippen LogP contribution in [0.25, 0.3) is 0 Å². The van der Waals surface area contributed by atoms with Gasteiger partial charge in [-0.1, -0.05) is 88.9 Å². The number of halogens is 7. The van der Waals surface area contributed by atoms with Gasteiger partial charge in [0.15, 0.2) is 18.2 Å². The van der Waals surface area contributed by atoms with Crippen molar-refractivity contribution in [2.75, 3.05) is 223 Å². The molecule has 6 aliphatic heterocycles. The Labute approximate surface area is 874 Å². The number of allylic oxidation sites excluding steroid dienone is 2. The van der Waals surface area contributed by atoms with E-state index in [0.29, 0.717) is 115 Å². The fraction of sp³-hybridized carbons (Fsp3) is 0.387. The molecular weight excluding hydrogens is 1950 g/mol. The Morgan fingerprint density at radius 1 is 0.372 bits per heavy atom. The van der Waals surface area contributed by atoms with Gasteiger partial charge in [0.2, 0.25) is 17.7 Å². The summed E-state index contributed by atoms with van der Waals surface area (Å²) in [5.41, 5.74) is 14.5. The fourth-order valence-electron chi connectivity index (χ4n) is 18.2. The quantitative estimate of drug-likeness (QED) is 0.0188. The molecule has 10 aromatic rings. The molecule has 5 fully saturated rings. The summed E-state index contributed by atoms with van der Waals surface area (Å²) in [5.74, 6) is 1.31. The van der Waals surface area contributed by atoms with Crippen LogP contribution >= 0.6 is 58.0 Å². The Bertz CT molecular complexity index is 5840. The molecule has 5 saturated heterocycles. The number of nitrogens with zero attached hydrogens (tertiary/aromatic N) is 10. The van der Waals surface area contributed by atoms with Crippen molar-refractivity contribution in [1.29, 1.82) is 0 Å². The number of fused-ring (bicyclic) bond motifs is 2. The Hall–Kier alpha value is -11.7. The largest absolute Gasteiger partial charge is 0.491 e. The molecule has 7 aliphatic rings. The SMILES string of the molecule is C=C1CCc2ccc(OCC(=O)N3CCN(c4ccc(F)c(F)c4)CC3)cc2N1.C=C1CCc2ccc(OC[C@@H](O)CN3CCN(c4ccc(Cl)cc4)CC3)cc2C1.CC(=O)Nc1ccc(OC[C@@H](O)CN2C(C)CN(c3ccc(Cl)cc3)CC2C)cc1.CC(=O)Nc1ccc(OC[C@H](O)CN2CCN(c3ccc(Cl)c(Cl)c3)CC2)cc1.CC(=O)Nc1ccc(OC[C@H](O)CN2CCN(c3ccc(Cl)cc3)CC2)cc1. The monoisotopic (exact) mass is 2080 g/mol. The minimum atomic E-state index is -0.863. The van der Waals surface area contributed by atoms with E-state index in [1.807, 2.05) is 95.9 Å². The van der Waals surface area contributed by atoms with E-state index < -0.39 is 36.1 Å². The highest BCUT2D eigenvalue weighted by Gasteiger charge is 2.33. The summed E-state index contributed by atoms with van der Waals surface area (Å²) in [6, 6.07) is 67.4. The number of aryl methyl sites for hydroxylation is 2. The van der Waals surface area contributed by atoms with Crippen molar-refractivity contribution in [3.8, 4) is 28.7 Å². The number of carbonyl (C=O) groups is 4. The van der Waals surface area contributed by atoms with Crippen LogP contribution in [-0.4, -0.2) is 282 Å². The molecule has 4 amide bonds.